The second kappa shape index (κ2) is 6.93. The smallest absolute Gasteiger partial charge is 0.161 e. The van der Waals surface area contributed by atoms with Crippen LogP contribution >= 0.6 is 0 Å². The molecule has 20 heavy (non-hydrogen) atoms. The van der Waals surface area contributed by atoms with Crippen LogP contribution in [0.25, 0.3) is 0 Å². The zero-order valence-electron chi connectivity index (χ0n) is 11.5. The van der Waals surface area contributed by atoms with Gasteiger partial charge in [0.25, 0.3) is 0 Å². The third-order valence-corrected chi connectivity index (χ3v) is 3.05. The van der Waals surface area contributed by atoms with Gasteiger partial charge in [0.15, 0.2) is 11.5 Å². The molecular weight excluding hydrogens is 254 g/mol. The van der Waals surface area contributed by atoms with Crippen LogP contribution in [0.5, 0.6) is 11.5 Å². The highest BCUT2D eigenvalue weighted by Gasteiger charge is 2.10. The quantitative estimate of drug-likeness (QED) is 0.847. The summed E-state index contributed by atoms with van der Waals surface area (Å²) < 4.78 is 11.1. The third-order valence-electron chi connectivity index (χ3n) is 3.05. The highest BCUT2D eigenvalue weighted by Crippen LogP contribution is 2.30. The molecule has 0 aliphatic rings. The minimum absolute atomic E-state index is 0.107. The van der Waals surface area contributed by atoms with Crippen molar-refractivity contribution < 1.29 is 14.6 Å². The summed E-state index contributed by atoms with van der Waals surface area (Å²) in [6.07, 6.45) is 0. The van der Waals surface area contributed by atoms with E-state index in [0.29, 0.717) is 18.1 Å². The number of rotatable bonds is 6. The molecule has 0 fully saturated rings. The molecule has 0 bridgehead atoms. The van der Waals surface area contributed by atoms with E-state index >= 15 is 0 Å². The Morgan fingerprint density at radius 2 is 1.85 bits per heavy atom. The summed E-state index contributed by atoms with van der Waals surface area (Å²) in [4.78, 5) is 0. The van der Waals surface area contributed by atoms with Gasteiger partial charge in [-0.2, -0.15) is 0 Å². The summed E-state index contributed by atoms with van der Waals surface area (Å²) in [6, 6.07) is 14.9. The first-order valence-corrected chi connectivity index (χ1v) is 6.45. The van der Waals surface area contributed by atoms with Crippen LogP contribution in [0.4, 0.5) is 0 Å². The second-order valence-electron chi connectivity index (χ2n) is 4.47. The Hall–Kier alpha value is -2.04. The van der Waals surface area contributed by atoms with Gasteiger partial charge in [0, 0.05) is 0 Å². The molecule has 4 heteroatoms. The van der Waals surface area contributed by atoms with Crippen LogP contribution in [0, 0.1) is 0 Å². The number of hydrogen-bond donors (Lipinski definition) is 2. The van der Waals surface area contributed by atoms with Crippen LogP contribution < -0.4 is 15.2 Å². The SMILES string of the molecule is COc1ccc([C@@H](N)CO)cc1OCc1ccccc1. The van der Waals surface area contributed by atoms with Crippen LogP contribution in [-0.2, 0) is 6.61 Å². The van der Waals surface area contributed by atoms with E-state index in [9.17, 15) is 0 Å². The molecule has 4 nitrogen and oxygen atoms in total. The van der Waals surface area contributed by atoms with Gasteiger partial charge in [-0.15, -0.1) is 0 Å². The molecule has 0 unspecified atom stereocenters. The topological polar surface area (TPSA) is 64.7 Å². The predicted molar refractivity (Wildman–Crippen MR) is 77.8 cm³/mol. The molecule has 106 valence electrons. The number of methoxy groups -OCH3 is 1. The van der Waals surface area contributed by atoms with Gasteiger partial charge in [-0.1, -0.05) is 36.4 Å². The molecule has 2 aromatic carbocycles. The summed E-state index contributed by atoms with van der Waals surface area (Å²) in [5, 5.41) is 9.12. The fourth-order valence-electron chi connectivity index (χ4n) is 1.88. The van der Waals surface area contributed by atoms with Crippen LogP contribution in [-0.4, -0.2) is 18.8 Å². The summed E-state index contributed by atoms with van der Waals surface area (Å²) >= 11 is 0. The maximum absolute atomic E-state index is 9.12. The zero-order valence-corrected chi connectivity index (χ0v) is 11.5. The third kappa shape index (κ3) is 3.50. The highest BCUT2D eigenvalue weighted by atomic mass is 16.5. The molecule has 0 aromatic heterocycles. The number of ether oxygens (including phenoxy) is 2. The lowest BCUT2D eigenvalue weighted by atomic mass is 10.1. The minimum Gasteiger partial charge on any atom is -0.493 e. The van der Waals surface area contributed by atoms with Gasteiger partial charge in [0.2, 0.25) is 0 Å². The summed E-state index contributed by atoms with van der Waals surface area (Å²) in [5.41, 5.74) is 7.71. The van der Waals surface area contributed by atoms with Crippen molar-refractivity contribution in [1.29, 1.82) is 0 Å². The van der Waals surface area contributed by atoms with Crippen molar-refractivity contribution in [3.05, 3.63) is 59.7 Å². The molecule has 3 N–H and O–H groups in total. The Bertz CT molecular complexity index is 543. The average molecular weight is 273 g/mol. The molecule has 0 aliphatic heterocycles. The van der Waals surface area contributed by atoms with Gasteiger partial charge >= 0.3 is 0 Å². The summed E-state index contributed by atoms with van der Waals surface area (Å²) in [7, 11) is 1.59. The van der Waals surface area contributed by atoms with Crippen molar-refractivity contribution >= 4 is 0 Å². The largest absolute Gasteiger partial charge is 0.493 e. The Balaban J connectivity index is 2.16. The van der Waals surface area contributed by atoms with Gasteiger partial charge in [-0.05, 0) is 23.3 Å². The Labute approximate surface area is 118 Å². The first-order valence-electron chi connectivity index (χ1n) is 6.45. The van der Waals surface area contributed by atoms with E-state index in [1.54, 1.807) is 13.2 Å². The van der Waals surface area contributed by atoms with Crippen LogP contribution in [0.3, 0.4) is 0 Å². The molecule has 2 aromatic rings. The Morgan fingerprint density at radius 3 is 2.50 bits per heavy atom. The van der Waals surface area contributed by atoms with Gasteiger partial charge in [0.1, 0.15) is 6.61 Å². The molecule has 1 atom stereocenters. The first kappa shape index (κ1) is 14.4. The lowest BCUT2D eigenvalue weighted by Crippen LogP contribution is -2.14. The number of benzene rings is 2. The molecule has 0 aliphatic carbocycles. The van der Waals surface area contributed by atoms with E-state index in [1.165, 1.54) is 0 Å². The van der Waals surface area contributed by atoms with Crippen molar-refractivity contribution in [3.63, 3.8) is 0 Å². The maximum Gasteiger partial charge on any atom is 0.161 e. The second-order valence-corrected chi connectivity index (χ2v) is 4.47. The molecule has 2 rings (SSSR count). The van der Waals surface area contributed by atoms with E-state index in [4.69, 9.17) is 20.3 Å². The van der Waals surface area contributed by atoms with Crippen LogP contribution in [0.15, 0.2) is 48.5 Å². The van der Waals surface area contributed by atoms with E-state index < -0.39 is 6.04 Å². The molecule has 0 spiro atoms. The normalized spacial score (nSPS) is 11.9. The summed E-state index contributed by atoms with van der Waals surface area (Å²) in [5.74, 6) is 1.27. The van der Waals surface area contributed by atoms with Gasteiger partial charge in [0.05, 0.1) is 19.8 Å². The highest BCUT2D eigenvalue weighted by molar-refractivity contribution is 5.44. The van der Waals surface area contributed by atoms with Gasteiger partial charge in [-0.25, -0.2) is 0 Å². The molecule has 0 amide bonds. The molecule has 0 heterocycles. The number of aliphatic hydroxyl groups excluding tert-OH is 1. The fraction of sp³-hybridized carbons (Fsp3) is 0.250. The Kier molecular flexibility index (Phi) is 4.98. The van der Waals surface area contributed by atoms with Crippen molar-refractivity contribution in [2.45, 2.75) is 12.6 Å². The molecule has 0 saturated heterocycles. The van der Waals surface area contributed by atoms with E-state index in [0.717, 1.165) is 11.1 Å². The van der Waals surface area contributed by atoms with E-state index in [-0.39, 0.29) is 6.61 Å². The van der Waals surface area contributed by atoms with Gasteiger partial charge < -0.3 is 20.3 Å². The minimum atomic E-state index is -0.417. The Morgan fingerprint density at radius 1 is 1.10 bits per heavy atom. The van der Waals surface area contributed by atoms with Crippen molar-refractivity contribution in [2.75, 3.05) is 13.7 Å². The number of hydrogen-bond acceptors (Lipinski definition) is 4. The van der Waals surface area contributed by atoms with Crippen molar-refractivity contribution in [2.24, 2.45) is 5.73 Å². The maximum atomic E-state index is 9.12. The zero-order chi connectivity index (χ0) is 14.4. The summed E-state index contributed by atoms with van der Waals surface area (Å²) in [6.45, 7) is 0.347. The van der Waals surface area contributed by atoms with E-state index in [1.807, 2.05) is 42.5 Å². The van der Waals surface area contributed by atoms with Crippen LogP contribution in [0.1, 0.15) is 17.2 Å². The van der Waals surface area contributed by atoms with Crippen molar-refractivity contribution in [3.8, 4) is 11.5 Å². The number of nitrogens with two attached hydrogens (primary N) is 1. The van der Waals surface area contributed by atoms with Gasteiger partial charge in [-0.3, -0.25) is 0 Å². The molecule has 0 saturated carbocycles. The monoisotopic (exact) mass is 273 g/mol. The van der Waals surface area contributed by atoms with Crippen molar-refractivity contribution in [1.82, 2.24) is 0 Å². The molecule has 0 radical (unpaired) electrons. The predicted octanol–water partition coefficient (Wildman–Crippen LogP) is 2.27. The number of aliphatic hydroxyl groups is 1. The van der Waals surface area contributed by atoms with E-state index in [2.05, 4.69) is 0 Å². The first-order chi connectivity index (χ1) is 9.74. The lowest BCUT2D eigenvalue weighted by molar-refractivity contribution is 0.265. The fourth-order valence-corrected chi connectivity index (χ4v) is 1.88. The standard InChI is InChI=1S/C16H19NO3/c1-19-15-8-7-13(14(17)10-18)9-16(15)20-11-12-5-3-2-4-6-12/h2-9,14,18H,10-11,17H2,1H3/t14-/m0/s1. The lowest BCUT2D eigenvalue weighted by Gasteiger charge is -2.14. The molecular formula is C16H19NO3. The average Bonchev–Trinajstić information content (AvgIpc) is 2.52. The van der Waals surface area contributed by atoms with Crippen LogP contribution in [0.2, 0.25) is 0 Å².